The van der Waals surface area contributed by atoms with Crippen molar-refractivity contribution in [1.29, 1.82) is 0 Å². The summed E-state index contributed by atoms with van der Waals surface area (Å²) in [6.07, 6.45) is 2.81. The normalized spacial score (nSPS) is 19.9. The summed E-state index contributed by atoms with van der Waals surface area (Å²) in [7, 11) is 0. The Labute approximate surface area is 103 Å². The van der Waals surface area contributed by atoms with Gasteiger partial charge < -0.3 is 11.1 Å². The number of carbonyl (C=O) groups excluding carboxylic acids is 1. The quantitative estimate of drug-likeness (QED) is 0.844. The molecule has 3 N–H and O–H groups in total. The van der Waals surface area contributed by atoms with E-state index in [-0.39, 0.29) is 5.91 Å². The number of aromatic nitrogens is 1. The van der Waals surface area contributed by atoms with E-state index in [2.05, 4.69) is 10.3 Å². The van der Waals surface area contributed by atoms with Gasteiger partial charge in [-0.05, 0) is 30.5 Å². The van der Waals surface area contributed by atoms with Gasteiger partial charge in [0.25, 0.3) is 5.91 Å². The summed E-state index contributed by atoms with van der Waals surface area (Å²) in [4.78, 5) is 17.4. The van der Waals surface area contributed by atoms with Crippen LogP contribution in [-0.4, -0.2) is 24.0 Å². The molecule has 4 nitrogen and oxygen atoms in total. The molecule has 88 valence electrons. The van der Waals surface area contributed by atoms with Crippen LogP contribution in [0.4, 0.5) is 0 Å². The van der Waals surface area contributed by atoms with Gasteiger partial charge in [0.15, 0.2) is 0 Å². The number of nitrogens with one attached hydrogen (secondary N) is 1. The molecule has 1 atom stereocenters. The van der Waals surface area contributed by atoms with Gasteiger partial charge in [-0.15, -0.1) is 11.3 Å². The number of rotatable bonds is 2. The van der Waals surface area contributed by atoms with Crippen molar-refractivity contribution in [1.82, 2.24) is 10.3 Å². The van der Waals surface area contributed by atoms with E-state index < -0.39 is 0 Å². The van der Waals surface area contributed by atoms with Crippen LogP contribution >= 0.6 is 11.3 Å². The number of amides is 1. The first-order chi connectivity index (χ1) is 8.27. The predicted molar refractivity (Wildman–Crippen MR) is 68.4 cm³/mol. The Kier molecular flexibility index (Phi) is 2.57. The van der Waals surface area contributed by atoms with Crippen molar-refractivity contribution in [3.05, 3.63) is 28.8 Å². The minimum absolute atomic E-state index is 0.338. The van der Waals surface area contributed by atoms with Gasteiger partial charge in [0, 0.05) is 18.1 Å². The van der Waals surface area contributed by atoms with E-state index in [4.69, 9.17) is 5.73 Å². The molecule has 3 heterocycles. The summed E-state index contributed by atoms with van der Waals surface area (Å²) in [5.74, 6) is 0.0466. The summed E-state index contributed by atoms with van der Waals surface area (Å²) in [5, 5.41) is 4.41. The van der Waals surface area contributed by atoms with Gasteiger partial charge in [-0.25, -0.2) is 4.98 Å². The number of hydrogen-bond acceptors (Lipinski definition) is 4. The molecule has 0 radical (unpaired) electrons. The van der Waals surface area contributed by atoms with Crippen molar-refractivity contribution in [2.45, 2.75) is 12.3 Å². The standard InChI is InChI=1S/C12H13N3OS/c13-11(16)10-9(7-3-5-14-6-7)8-2-1-4-15-12(8)17-10/h1-2,4,7,14H,3,5-6H2,(H2,13,16). The zero-order chi connectivity index (χ0) is 11.8. The third kappa shape index (κ3) is 1.71. The van der Waals surface area contributed by atoms with Gasteiger partial charge >= 0.3 is 0 Å². The Morgan fingerprint density at radius 1 is 1.59 bits per heavy atom. The number of nitrogens with zero attached hydrogens (tertiary/aromatic N) is 1. The van der Waals surface area contributed by atoms with Gasteiger partial charge in [0.2, 0.25) is 0 Å². The number of nitrogens with two attached hydrogens (primary N) is 1. The van der Waals surface area contributed by atoms with E-state index in [1.165, 1.54) is 11.3 Å². The summed E-state index contributed by atoms with van der Waals surface area (Å²) < 4.78 is 0. The lowest BCUT2D eigenvalue weighted by Gasteiger charge is -2.09. The molecule has 0 saturated carbocycles. The van der Waals surface area contributed by atoms with Crippen molar-refractivity contribution in [3.8, 4) is 0 Å². The molecule has 1 aliphatic heterocycles. The fraction of sp³-hybridized carbons (Fsp3) is 0.333. The molecule has 2 aromatic heterocycles. The van der Waals surface area contributed by atoms with Crippen LogP contribution in [0.3, 0.4) is 0 Å². The lowest BCUT2D eigenvalue weighted by atomic mass is 9.96. The van der Waals surface area contributed by atoms with Gasteiger partial charge in [0.1, 0.15) is 4.83 Å². The minimum Gasteiger partial charge on any atom is -0.365 e. The predicted octanol–water partition coefficient (Wildman–Crippen LogP) is 1.47. The SMILES string of the molecule is NC(=O)c1sc2ncccc2c1C1CCNC1. The third-order valence-corrected chi connectivity index (χ3v) is 4.34. The van der Waals surface area contributed by atoms with Crippen LogP contribution in [0.1, 0.15) is 27.6 Å². The Bertz CT molecular complexity index is 572. The molecular formula is C12H13N3OS. The maximum absolute atomic E-state index is 11.5. The molecule has 17 heavy (non-hydrogen) atoms. The van der Waals surface area contributed by atoms with Crippen LogP contribution in [0.2, 0.25) is 0 Å². The van der Waals surface area contributed by atoms with E-state index >= 15 is 0 Å². The molecule has 3 rings (SSSR count). The molecular weight excluding hydrogens is 234 g/mol. The summed E-state index contributed by atoms with van der Waals surface area (Å²) in [6, 6.07) is 3.94. The average molecular weight is 247 g/mol. The second kappa shape index (κ2) is 4.09. The third-order valence-electron chi connectivity index (χ3n) is 3.20. The van der Waals surface area contributed by atoms with Crippen LogP contribution in [0.15, 0.2) is 18.3 Å². The summed E-state index contributed by atoms with van der Waals surface area (Å²) in [5.41, 5.74) is 6.56. The maximum atomic E-state index is 11.5. The van der Waals surface area contributed by atoms with E-state index in [1.807, 2.05) is 12.1 Å². The van der Waals surface area contributed by atoms with Gasteiger partial charge in [0.05, 0.1) is 4.88 Å². The molecule has 1 amide bonds. The number of hydrogen-bond donors (Lipinski definition) is 2. The van der Waals surface area contributed by atoms with Crippen LogP contribution < -0.4 is 11.1 Å². The zero-order valence-corrected chi connectivity index (χ0v) is 10.1. The summed E-state index contributed by atoms with van der Waals surface area (Å²) in [6.45, 7) is 1.92. The number of carbonyl (C=O) groups is 1. The van der Waals surface area contributed by atoms with E-state index in [1.54, 1.807) is 6.20 Å². The molecule has 1 unspecified atom stereocenters. The van der Waals surface area contributed by atoms with Crippen LogP contribution in [0.5, 0.6) is 0 Å². The molecule has 5 heteroatoms. The number of primary amides is 1. The Balaban J connectivity index is 2.24. The maximum Gasteiger partial charge on any atom is 0.259 e. The monoisotopic (exact) mass is 247 g/mol. The smallest absolute Gasteiger partial charge is 0.259 e. The highest BCUT2D eigenvalue weighted by Crippen LogP contribution is 2.37. The van der Waals surface area contributed by atoms with Crippen LogP contribution in [0, 0.1) is 0 Å². The Morgan fingerprint density at radius 3 is 3.18 bits per heavy atom. The largest absolute Gasteiger partial charge is 0.365 e. The highest BCUT2D eigenvalue weighted by atomic mass is 32.1. The molecule has 0 bridgehead atoms. The van der Waals surface area contributed by atoms with E-state index in [0.717, 1.165) is 35.3 Å². The topological polar surface area (TPSA) is 68.0 Å². The molecule has 1 aliphatic rings. The van der Waals surface area contributed by atoms with Gasteiger partial charge in [-0.2, -0.15) is 0 Å². The first-order valence-electron chi connectivity index (χ1n) is 5.65. The van der Waals surface area contributed by atoms with Crippen molar-refractivity contribution in [2.75, 3.05) is 13.1 Å². The lowest BCUT2D eigenvalue weighted by Crippen LogP contribution is -2.14. The molecule has 1 saturated heterocycles. The number of pyridine rings is 1. The number of fused-ring (bicyclic) bond motifs is 1. The molecule has 0 aromatic carbocycles. The van der Waals surface area contributed by atoms with Gasteiger partial charge in [-0.1, -0.05) is 6.07 Å². The van der Waals surface area contributed by atoms with Crippen LogP contribution in [0.25, 0.3) is 10.2 Å². The van der Waals surface area contributed by atoms with Crippen molar-refractivity contribution in [3.63, 3.8) is 0 Å². The van der Waals surface area contributed by atoms with E-state index in [9.17, 15) is 4.79 Å². The molecule has 1 fully saturated rings. The first kappa shape index (κ1) is 10.7. The highest BCUT2D eigenvalue weighted by Gasteiger charge is 2.26. The molecule has 0 aliphatic carbocycles. The highest BCUT2D eigenvalue weighted by molar-refractivity contribution is 7.20. The van der Waals surface area contributed by atoms with Gasteiger partial charge in [-0.3, -0.25) is 4.79 Å². The number of thiophene rings is 1. The second-order valence-corrected chi connectivity index (χ2v) is 5.25. The second-order valence-electron chi connectivity index (χ2n) is 4.25. The fourth-order valence-electron chi connectivity index (χ4n) is 2.44. The fourth-order valence-corrected chi connectivity index (χ4v) is 3.52. The van der Waals surface area contributed by atoms with Crippen molar-refractivity contribution < 1.29 is 4.79 Å². The van der Waals surface area contributed by atoms with Crippen molar-refractivity contribution >= 4 is 27.5 Å². The average Bonchev–Trinajstić information content (AvgIpc) is 2.94. The molecule has 0 spiro atoms. The Hall–Kier alpha value is -1.46. The molecule has 2 aromatic rings. The zero-order valence-electron chi connectivity index (χ0n) is 9.27. The minimum atomic E-state index is -0.338. The van der Waals surface area contributed by atoms with Crippen molar-refractivity contribution in [2.24, 2.45) is 5.73 Å². The van der Waals surface area contributed by atoms with E-state index in [0.29, 0.717) is 10.8 Å². The Morgan fingerprint density at radius 2 is 2.47 bits per heavy atom. The van der Waals surface area contributed by atoms with Crippen LogP contribution in [-0.2, 0) is 0 Å². The summed E-state index contributed by atoms with van der Waals surface area (Å²) >= 11 is 1.41. The first-order valence-corrected chi connectivity index (χ1v) is 6.47. The lowest BCUT2D eigenvalue weighted by molar-refractivity contribution is 0.100.